The molecule has 3 N–H and O–H groups in total. The summed E-state index contributed by atoms with van der Waals surface area (Å²) in [6, 6.07) is 3.59. The largest absolute Gasteiger partial charge is 0.379 e. The number of halogens is 1. The van der Waals surface area contributed by atoms with Crippen molar-refractivity contribution >= 4 is 29.2 Å². The van der Waals surface area contributed by atoms with Crippen molar-refractivity contribution in [1.29, 1.82) is 0 Å². The lowest BCUT2D eigenvalue weighted by atomic mass is 10.0. The summed E-state index contributed by atoms with van der Waals surface area (Å²) in [5, 5.41) is 2.51. The fourth-order valence-electron chi connectivity index (χ4n) is 3.28. The highest BCUT2D eigenvalue weighted by molar-refractivity contribution is 5.96. The van der Waals surface area contributed by atoms with Gasteiger partial charge in [-0.25, -0.2) is 9.18 Å². The Morgan fingerprint density at radius 3 is 2.86 bits per heavy atom. The van der Waals surface area contributed by atoms with Gasteiger partial charge in [0, 0.05) is 44.8 Å². The van der Waals surface area contributed by atoms with Crippen LogP contribution in [0.15, 0.2) is 18.2 Å². The minimum absolute atomic E-state index is 0.00813. The molecule has 2 aliphatic rings. The summed E-state index contributed by atoms with van der Waals surface area (Å²) in [5.41, 5.74) is 5.68. The van der Waals surface area contributed by atoms with Crippen LogP contribution in [-0.4, -0.2) is 68.8 Å². The Hall–Kier alpha value is -2.72. The number of anilines is 2. The Labute approximate surface area is 161 Å². The minimum Gasteiger partial charge on any atom is -0.379 e. The van der Waals surface area contributed by atoms with E-state index in [4.69, 9.17) is 15.2 Å². The summed E-state index contributed by atoms with van der Waals surface area (Å²) in [6.07, 6.45) is -0.413. The molecule has 1 radical (unpaired) electrons. The maximum Gasteiger partial charge on any atom is 0.314 e. The van der Waals surface area contributed by atoms with Crippen LogP contribution in [-0.2, 0) is 19.1 Å². The molecule has 0 aliphatic carbocycles. The van der Waals surface area contributed by atoms with Gasteiger partial charge in [0.25, 0.3) is 5.91 Å². The molecule has 0 unspecified atom stereocenters. The van der Waals surface area contributed by atoms with E-state index < -0.39 is 23.9 Å². The summed E-state index contributed by atoms with van der Waals surface area (Å²) in [5.74, 6) is -0.638. The molecule has 1 aromatic carbocycles. The zero-order valence-electron chi connectivity index (χ0n) is 15.4. The van der Waals surface area contributed by atoms with Gasteiger partial charge < -0.3 is 30.3 Å². The molecular formula is C18H22FN4O5. The second-order valence-electron chi connectivity index (χ2n) is 6.59. The van der Waals surface area contributed by atoms with E-state index in [1.807, 2.05) is 0 Å². The van der Waals surface area contributed by atoms with E-state index in [-0.39, 0.29) is 37.7 Å². The Morgan fingerprint density at radius 1 is 1.43 bits per heavy atom. The molecule has 10 heteroatoms. The van der Waals surface area contributed by atoms with E-state index in [0.29, 0.717) is 24.8 Å². The molecule has 2 saturated heterocycles. The van der Waals surface area contributed by atoms with Crippen molar-refractivity contribution in [3.05, 3.63) is 29.9 Å². The zero-order chi connectivity index (χ0) is 20.3. The number of rotatable bonds is 5. The van der Waals surface area contributed by atoms with Crippen LogP contribution in [0.5, 0.6) is 0 Å². The van der Waals surface area contributed by atoms with Crippen LogP contribution in [0, 0.1) is 11.7 Å². The number of likely N-dealkylation sites (tertiary alicyclic amines) is 1. The number of nitrogens with two attached hydrogens (primary N) is 1. The van der Waals surface area contributed by atoms with Crippen LogP contribution in [0.2, 0.25) is 0 Å². The average molecular weight is 393 g/mol. The van der Waals surface area contributed by atoms with Gasteiger partial charge in [-0.05, 0) is 18.2 Å². The highest BCUT2D eigenvalue weighted by atomic mass is 19.1. The number of methoxy groups -OCH3 is 1. The number of ether oxygens (including phenoxy) is 2. The molecule has 0 saturated carbocycles. The van der Waals surface area contributed by atoms with Gasteiger partial charge in [0.15, 0.2) is 0 Å². The predicted molar refractivity (Wildman–Crippen MR) is 98.0 cm³/mol. The highest BCUT2D eigenvalue weighted by Gasteiger charge is 2.36. The number of primary amides is 1. The molecule has 2 fully saturated rings. The van der Waals surface area contributed by atoms with Crippen molar-refractivity contribution in [3.8, 4) is 0 Å². The summed E-state index contributed by atoms with van der Waals surface area (Å²) >= 11 is 0. The van der Waals surface area contributed by atoms with Gasteiger partial charge in [-0.1, -0.05) is 0 Å². The first kappa shape index (κ1) is 20.0. The average Bonchev–Trinajstić information content (AvgIpc) is 3.07. The van der Waals surface area contributed by atoms with Crippen LogP contribution >= 0.6 is 0 Å². The maximum atomic E-state index is 14.4. The predicted octanol–water partition coefficient (Wildman–Crippen LogP) is 0.501. The number of nitrogens with one attached hydrogen (secondary N) is 1. The van der Waals surface area contributed by atoms with Crippen molar-refractivity contribution in [2.45, 2.75) is 12.5 Å². The van der Waals surface area contributed by atoms with Gasteiger partial charge in [0.2, 0.25) is 5.91 Å². The lowest BCUT2D eigenvalue weighted by Crippen LogP contribution is -2.41. The summed E-state index contributed by atoms with van der Waals surface area (Å²) in [7, 11) is 1.48. The van der Waals surface area contributed by atoms with E-state index in [1.165, 1.54) is 29.0 Å². The summed E-state index contributed by atoms with van der Waals surface area (Å²) < 4.78 is 24.8. The van der Waals surface area contributed by atoms with Crippen LogP contribution in [0.1, 0.15) is 6.42 Å². The Bertz CT molecular complexity index is 774. The Kier molecular flexibility index (Phi) is 6.10. The molecule has 2 heterocycles. The number of morpholine rings is 1. The van der Waals surface area contributed by atoms with Gasteiger partial charge in [-0.3, -0.25) is 9.59 Å². The van der Waals surface area contributed by atoms with Crippen molar-refractivity contribution in [3.63, 3.8) is 0 Å². The molecule has 28 heavy (non-hydrogen) atoms. The lowest BCUT2D eigenvalue weighted by Gasteiger charge is -2.27. The normalized spacial score (nSPS) is 20.5. The zero-order valence-corrected chi connectivity index (χ0v) is 15.4. The number of urea groups is 1. The van der Waals surface area contributed by atoms with Gasteiger partial charge in [-0.2, -0.15) is 0 Å². The number of carbonyl (C=O) groups excluding carboxylic acids is 3. The topological polar surface area (TPSA) is 114 Å². The summed E-state index contributed by atoms with van der Waals surface area (Å²) in [6.45, 7) is 1.19. The third kappa shape index (κ3) is 4.39. The molecule has 1 aromatic rings. The van der Waals surface area contributed by atoms with Gasteiger partial charge >= 0.3 is 6.03 Å². The third-order valence-electron chi connectivity index (χ3n) is 4.74. The van der Waals surface area contributed by atoms with E-state index >= 15 is 0 Å². The number of hydrogen-bond donors (Lipinski definition) is 2. The molecule has 0 spiro atoms. The smallest absolute Gasteiger partial charge is 0.314 e. The molecule has 3 rings (SSSR count). The van der Waals surface area contributed by atoms with Gasteiger partial charge in [0.1, 0.15) is 12.4 Å². The van der Waals surface area contributed by atoms with Crippen LogP contribution in [0.4, 0.5) is 20.6 Å². The van der Waals surface area contributed by atoms with Crippen LogP contribution in [0.25, 0.3) is 0 Å². The Morgan fingerprint density at radius 2 is 2.21 bits per heavy atom. The SMILES string of the molecule is CO[C@@H]1CN(C(N)=O)C[C]1CC(=O)Nc1ccc(N2CCOCC2=O)cc1F. The van der Waals surface area contributed by atoms with Crippen LogP contribution < -0.4 is 16.0 Å². The van der Waals surface area contributed by atoms with Crippen molar-refractivity contribution in [2.24, 2.45) is 5.73 Å². The maximum absolute atomic E-state index is 14.4. The quantitative estimate of drug-likeness (QED) is 0.756. The van der Waals surface area contributed by atoms with E-state index in [0.717, 1.165) is 0 Å². The highest BCUT2D eigenvalue weighted by Crippen LogP contribution is 2.27. The molecule has 9 nitrogen and oxygen atoms in total. The fraction of sp³-hybridized carbons (Fsp3) is 0.444. The number of nitrogens with zero attached hydrogens (tertiary/aromatic N) is 2. The second-order valence-corrected chi connectivity index (χ2v) is 6.59. The Balaban J connectivity index is 1.62. The third-order valence-corrected chi connectivity index (χ3v) is 4.74. The standard InChI is InChI=1S/C18H22FN4O5/c1-27-15-9-22(18(20)26)8-11(15)6-16(24)21-14-3-2-12(7-13(14)19)23-4-5-28-10-17(23)25/h2-3,7,15H,4-6,8-10H2,1H3,(H2,20,26)(H,21,24)/t15-/m1/s1. The minimum atomic E-state index is -0.649. The number of amides is 4. The van der Waals surface area contributed by atoms with Crippen molar-refractivity contribution in [1.82, 2.24) is 4.90 Å². The summed E-state index contributed by atoms with van der Waals surface area (Å²) in [4.78, 5) is 38.3. The lowest BCUT2D eigenvalue weighted by molar-refractivity contribution is -0.125. The molecule has 1 atom stereocenters. The number of benzene rings is 1. The fourth-order valence-corrected chi connectivity index (χ4v) is 3.28. The van der Waals surface area contributed by atoms with Crippen molar-refractivity contribution < 1.29 is 28.2 Å². The first-order valence-corrected chi connectivity index (χ1v) is 8.78. The van der Waals surface area contributed by atoms with E-state index in [2.05, 4.69) is 5.32 Å². The molecule has 2 aliphatic heterocycles. The molecule has 151 valence electrons. The molecular weight excluding hydrogens is 371 g/mol. The van der Waals surface area contributed by atoms with Gasteiger partial charge in [0.05, 0.1) is 18.4 Å². The number of carbonyl (C=O) groups is 3. The molecule has 4 amide bonds. The van der Waals surface area contributed by atoms with E-state index in [9.17, 15) is 18.8 Å². The first-order chi connectivity index (χ1) is 13.4. The first-order valence-electron chi connectivity index (χ1n) is 8.78. The monoisotopic (exact) mass is 393 g/mol. The van der Waals surface area contributed by atoms with Crippen molar-refractivity contribution in [2.75, 3.05) is 50.2 Å². The molecule has 0 aromatic heterocycles. The molecule has 0 bridgehead atoms. The van der Waals surface area contributed by atoms with Crippen LogP contribution in [0.3, 0.4) is 0 Å². The van der Waals surface area contributed by atoms with E-state index in [1.54, 1.807) is 6.07 Å². The second kappa shape index (κ2) is 8.53. The van der Waals surface area contributed by atoms with Gasteiger partial charge in [-0.15, -0.1) is 0 Å². The number of hydrogen-bond acceptors (Lipinski definition) is 5.